The fourth-order valence-corrected chi connectivity index (χ4v) is 2.71. The predicted octanol–water partition coefficient (Wildman–Crippen LogP) is 2.94. The molecule has 0 radical (unpaired) electrons. The van der Waals surface area contributed by atoms with Crippen molar-refractivity contribution >= 4 is 18.0 Å². The Kier molecular flexibility index (Phi) is 6.93. The number of aromatic nitrogens is 2. The Labute approximate surface area is 160 Å². The molecule has 0 bridgehead atoms. The molecular weight excluding hydrogens is 342 g/mol. The van der Waals surface area contributed by atoms with Crippen LogP contribution >= 0.6 is 0 Å². The first kappa shape index (κ1) is 20.4. The van der Waals surface area contributed by atoms with Crippen molar-refractivity contribution in [3.8, 4) is 0 Å². The van der Waals surface area contributed by atoms with E-state index in [4.69, 9.17) is 4.74 Å². The van der Waals surface area contributed by atoms with Crippen LogP contribution in [0.25, 0.3) is 6.08 Å². The molecule has 0 saturated heterocycles. The van der Waals surface area contributed by atoms with E-state index in [9.17, 15) is 9.59 Å². The molecule has 0 fully saturated rings. The maximum absolute atomic E-state index is 12.0. The molecule has 0 aliphatic carbocycles. The fourth-order valence-electron chi connectivity index (χ4n) is 2.71. The van der Waals surface area contributed by atoms with E-state index in [1.54, 1.807) is 13.0 Å². The molecule has 0 saturated carbocycles. The summed E-state index contributed by atoms with van der Waals surface area (Å²) in [5.41, 5.74) is 5.06. The Bertz CT molecular complexity index is 835. The van der Waals surface area contributed by atoms with E-state index in [-0.39, 0.29) is 5.91 Å². The van der Waals surface area contributed by atoms with Crippen LogP contribution in [-0.4, -0.2) is 34.3 Å². The van der Waals surface area contributed by atoms with Crippen LogP contribution in [0, 0.1) is 20.8 Å². The quantitative estimate of drug-likeness (QED) is 0.602. The lowest BCUT2D eigenvalue weighted by molar-refractivity contribution is -0.150. The van der Waals surface area contributed by atoms with Gasteiger partial charge in [-0.3, -0.25) is 9.48 Å². The molecule has 1 N–H and O–H groups in total. The van der Waals surface area contributed by atoms with Gasteiger partial charge in [0.05, 0.1) is 12.2 Å². The highest BCUT2D eigenvalue weighted by Gasteiger charge is 2.16. The van der Waals surface area contributed by atoms with Crippen molar-refractivity contribution in [1.82, 2.24) is 15.1 Å². The summed E-state index contributed by atoms with van der Waals surface area (Å²) in [5, 5.41) is 7.19. The molecule has 1 atom stereocenters. The molecule has 0 spiro atoms. The summed E-state index contributed by atoms with van der Waals surface area (Å²) in [7, 11) is 0. The van der Waals surface area contributed by atoms with Crippen molar-refractivity contribution in [3.05, 3.63) is 58.4 Å². The van der Waals surface area contributed by atoms with Crippen LogP contribution in [0.5, 0.6) is 0 Å². The number of ether oxygens (including phenoxy) is 1. The number of nitrogens with zero attached hydrogens (tertiary/aromatic N) is 2. The molecule has 6 nitrogen and oxygen atoms in total. The molecule has 1 heterocycles. The number of hydrogen-bond acceptors (Lipinski definition) is 4. The van der Waals surface area contributed by atoms with Gasteiger partial charge in [-0.1, -0.05) is 29.8 Å². The number of likely N-dealkylation sites (N-methyl/N-ethyl adjacent to an activating group) is 1. The van der Waals surface area contributed by atoms with Gasteiger partial charge in [-0.15, -0.1) is 0 Å². The predicted molar refractivity (Wildman–Crippen MR) is 105 cm³/mol. The van der Waals surface area contributed by atoms with Gasteiger partial charge in [0.1, 0.15) is 0 Å². The lowest BCUT2D eigenvalue weighted by Crippen LogP contribution is -2.35. The minimum atomic E-state index is -0.825. The van der Waals surface area contributed by atoms with Gasteiger partial charge in [-0.2, -0.15) is 5.10 Å². The first-order valence-electron chi connectivity index (χ1n) is 9.07. The summed E-state index contributed by atoms with van der Waals surface area (Å²) in [6.07, 6.45) is 2.20. The number of amides is 1. The van der Waals surface area contributed by atoms with E-state index in [1.165, 1.54) is 11.6 Å². The molecule has 144 valence electrons. The minimum Gasteiger partial charge on any atom is -0.449 e. The number of carbonyl (C=O) groups excluding carboxylic acids is 2. The van der Waals surface area contributed by atoms with Gasteiger partial charge in [-0.05, 0) is 46.3 Å². The van der Waals surface area contributed by atoms with Crippen LogP contribution in [0.1, 0.15) is 41.9 Å². The number of benzene rings is 1. The molecule has 2 aromatic rings. The third-order valence-electron chi connectivity index (χ3n) is 4.29. The van der Waals surface area contributed by atoms with Gasteiger partial charge in [-0.25, -0.2) is 4.79 Å². The molecule has 0 aliphatic rings. The van der Waals surface area contributed by atoms with Crippen LogP contribution < -0.4 is 5.32 Å². The van der Waals surface area contributed by atoms with E-state index in [2.05, 4.69) is 41.6 Å². The summed E-state index contributed by atoms with van der Waals surface area (Å²) in [4.78, 5) is 23.6. The number of esters is 1. The van der Waals surface area contributed by atoms with Crippen LogP contribution in [0.3, 0.4) is 0 Å². The second-order valence-corrected chi connectivity index (χ2v) is 6.53. The molecule has 1 amide bonds. The molecule has 6 heteroatoms. The first-order valence-corrected chi connectivity index (χ1v) is 9.07. The Morgan fingerprint density at radius 1 is 1.22 bits per heavy atom. The van der Waals surface area contributed by atoms with E-state index in [1.807, 2.05) is 25.5 Å². The molecule has 0 aliphatic heterocycles. The van der Waals surface area contributed by atoms with E-state index in [0.29, 0.717) is 13.1 Å². The average molecular weight is 369 g/mol. The van der Waals surface area contributed by atoms with Crippen molar-refractivity contribution in [1.29, 1.82) is 0 Å². The number of hydrogen-bond donors (Lipinski definition) is 1. The van der Waals surface area contributed by atoms with Gasteiger partial charge < -0.3 is 10.1 Å². The Hall–Kier alpha value is -2.89. The Balaban J connectivity index is 2.07. The zero-order chi connectivity index (χ0) is 20.0. The van der Waals surface area contributed by atoms with Crippen LogP contribution in [0.15, 0.2) is 30.3 Å². The monoisotopic (exact) mass is 369 g/mol. The molecule has 2 rings (SSSR count). The zero-order valence-electron chi connectivity index (χ0n) is 16.6. The summed E-state index contributed by atoms with van der Waals surface area (Å²) in [5.74, 6) is -0.864. The van der Waals surface area contributed by atoms with Gasteiger partial charge in [0, 0.05) is 23.9 Å². The molecule has 1 aromatic carbocycles. The highest BCUT2D eigenvalue weighted by molar-refractivity contribution is 5.90. The lowest BCUT2D eigenvalue weighted by atomic mass is 10.1. The highest BCUT2D eigenvalue weighted by Crippen LogP contribution is 2.17. The van der Waals surface area contributed by atoms with E-state index >= 15 is 0 Å². The normalized spacial score (nSPS) is 12.2. The van der Waals surface area contributed by atoms with E-state index < -0.39 is 12.1 Å². The topological polar surface area (TPSA) is 73.2 Å². The third-order valence-corrected chi connectivity index (χ3v) is 4.29. The maximum Gasteiger partial charge on any atom is 0.331 e. The SMILES string of the molecule is CCNC(=O)C(C)OC(=O)/C=C/c1c(C)nn(Cc2ccc(C)cc2)c1C. The van der Waals surface area contributed by atoms with Crippen molar-refractivity contribution < 1.29 is 14.3 Å². The largest absolute Gasteiger partial charge is 0.449 e. The minimum absolute atomic E-state index is 0.308. The first-order chi connectivity index (χ1) is 12.8. The summed E-state index contributed by atoms with van der Waals surface area (Å²) in [6, 6.07) is 8.32. The van der Waals surface area contributed by atoms with Crippen LogP contribution in [0.2, 0.25) is 0 Å². The second-order valence-electron chi connectivity index (χ2n) is 6.53. The van der Waals surface area contributed by atoms with Crippen LogP contribution in [0.4, 0.5) is 0 Å². The van der Waals surface area contributed by atoms with Gasteiger partial charge >= 0.3 is 5.97 Å². The standard InChI is InChI=1S/C21H27N3O3/c1-6-22-21(26)17(5)27-20(25)12-11-19-15(3)23-24(16(19)4)13-18-9-7-14(2)8-10-18/h7-12,17H,6,13H2,1-5H3,(H,22,26)/b12-11+. The fraction of sp³-hybridized carbons (Fsp3) is 0.381. The molecule has 1 aromatic heterocycles. The zero-order valence-corrected chi connectivity index (χ0v) is 16.6. The van der Waals surface area contributed by atoms with Gasteiger partial charge in [0.2, 0.25) is 0 Å². The van der Waals surface area contributed by atoms with Crippen molar-refractivity contribution in [2.24, 2.45) is 0 Å². The van der Waals surface area contributed by atoms with Gasteiger partial charge in [0.25, 0.3) is 5.91 Å². The summed E-state index contributed by atoms with van der Waals surface area (Å²) >= 11 is 0. The summed E-state index contributed by atoms with van der Waals surface area (Å²) in [6.45, 7) is 10.5. The Morgan fingerprint density at radius 2 is 1.89 bits per heavy atom. The average Bonchev–Trinajstić information content (AvgIpc) is 2.88. The Morgan fingerprint density at radius 3 is 2.52 bits per heavy atom. The van der Waals surface area contributed by atoms with Gasteiger partial charge in [0.15, 0.2) is 6.10 Å². The van der Waals surface area contributed by atoms with E-state index in [0.717, 1.165) is 22.5 Å². The van der Waals surface area contributed by atoms with Crippen molar-refractivity contribution in [3.63, 3.8) is 0 Å². The molecule has 27 heavy (non-hydrogen) atoms. The second kappa shape index (κ2) is 9.16. The number of nitrogens with one attached hydrogen (secondary N) is 1. The lowest BCUT2D eigenvalue weighted by Gasteiger charge is -2.10. The smallest absolute Gasteiger partial charge is 0.331 e. The number of carbonyl (C=O) groups is 2. The third kappa shape index (κ3) is 5.54. The van der Waals surface area contributed by atoms with Crippen LogP contribution in [-0.2, 0) is 20.9 Å². The summed E-state index contributed by atoms with van der Waals surface area (Å²) < 4.78 is 7.03. The molecule has 1 unspecified atom stereocenters. The number of aryl methyl sites for hydroxylation is 2. The van der Waals surface area contributed by atoms with Crippen molar-refractivity contribution in [2.75, 3.05) is 6.54 Å². The maximum atomic E-state index is 12.0. The number of rotatable bonds is 7. The molecular formula is C21H27N3O3. The highest BCUT2D eigenvalue weighted by atomic mass is 16.5. The van der Waals surface area contributed by atoms with Crippen molar-refractivity contribution in [2.45, 2.75) is 47.3 Å².